The zero-order chi connectivity index (χ0) is 12.8. The van der Waals surface area contributed by atoms with Gasteiger partial charge >= 0.3 is 9.05 Å². The number of hydrogen-bond acceptors (Lipinski definition) is 4. The zero-order valence-electron chi connectivity index (χ0n) is 11.3. The molecule has 0 aromatic rings. The molecule has 0 aromatic heterocycles. The van der Waals surface area contributed by atoms with Crippen LogP contribution in [0.1, 0.15) is 54.4 Å². The van der Waals surface area contributed by atoms with Gasteiger partial charge in [-0.2, -0.15) is 0 Å². The minimum atomic E-state index is -3.48. The van der Waals surface area contributed by atoms with Gasteiger partial charge in [-0.15, -0.1) is 0 Å². The molecule has 0 saturated heterocycles. The molecule has 0 aliphatic carbocycles. The Bertz CT molecular complexity index is 175. The minimum absolute atomic E-state index is 0.0560. The predicted octanol–water partition coefficient (Wildman–Crippen LogP) is 2.47. The molecule has 98 valence electrons. The Morgan fingerprint density at radius 1 is 0.875 bits per heavy atom. The molecule has 16 heavy (non-hydrogen) atoms. The molecule has 0 aliphatic rings. The summed E-state index contributed by atoms with van der Waals surface area (Å²) >= 11 is 0. The van der Waals surface area contributed by atoms with Crippen molar-refractivity contribution < 1.29 is 18.1 Å². The molecule has 5 heteroatoms. The van der Waals surface area contributed by atoms with Crippen molar-refractivity contribution >= 4 is 9.05 Å². The van der Waals surface area contributed by atoms with Crippen LogP contribution < -0.4 is 0 Å². The highest BCUT2D eigenvalue weighted by molar-refractivity contribution is 6.52. The van der Waals surface area contributed by atoms with E-state index in [0.29, 0.717) is 0 Å². The molecule has 0 rings (SSSR count). The maximum atomic E-state index is 10.3. The molecule has 0 heterocycles. The van der Waals surface area contributed by atoms with Crippen LogP contribution in [-0.4, -0.2) is 32.2 Å². The third-order valence-electron chi connectivity index (χ3n) is 2.23. The molecule has 1 N–H and O–H groups in total. The van der Waals surface area contributed by atoms with Crippen LogP contribution in [0.15, 0.2) is 0 Å². The first kappa shape index (κ1) is 16.1. The second kappa shape index (κ2) is 7.40. The smallest absolute Gasteiger partial charge is 0.367 e. The summed E-state index contributed by atoms with van der Waals surface area (Å²) in [5, 5.41) is 0. The average molecular weight is 250 g/mol. The van der Waals surface area contributed by atoms with E-state index in [-0.39, 0.29) is 18.3 Å². The fourth-order valence-electron chi connectivity index (χ4n) is 1.06. The lowest BCUT2D eigenvalue weighted by Crippen LogP contribution is -2.51. The normalized spacial score (nSPS) is 19.5. The van der Waals surface area contributed by atoms with Crippen LogP contribution in [0, 0.1) is 0 Å². The summed E-state index contributed by atoms with van der Waals surface area (Å²) in [6, 6.07) is 0. The Hall–Kier alpha value is 0.0569. The summed E-state index contributed by atoms with van der Waals surface area (Å²) in [6.45, 7) is 11.5. The van der Waals surface area contributed by atoms with Gasteiger partial charge in [0.1, 0.15) is 0 Å². The van der Waals surface area contributed by atoms with Gasteiger partial charge in [-0.25, -0.2) is 0 Å². The van der Waals surface area contributed by atoms with E-state index >= 15 is 0 Å². The lowest BCUT2D eigenvalue weighted by atomic mass is 10.3. The van der Waals surface area contributed by atoms with Crippen molar-refractivity contribution in [1.29, 1.82) is 0 Å². The van der Waals surface area contributed by atoms with E-state index in [2.05, 4.69) is 0 Å². The van der Waals surface area contributed by atoms with Crippen LogP contribution in [0.3, 0.4) is 0 Å². The third-order valence-corrected chi connectivity index (χ3v) is 4.40. The lowest BCUT2D eigenvalue weighted by Gasteiger charge is -2.29. The van der Waals surface area contributed by atoms with Crippen molar-refractivity contribution in [3.63, 3.8) is 0 Å². The molecule has 4 nitrogen and oxygen atoms in total. The van der Waals surface area contributed by atoms with Crippen molar-refractivity contribution in [1.82, 2.24) is 0 Å². The molecule has 0 saturated carbocycles. The van der Waals surface area contributed by atoms with Crippen LogP contribution in [0.4, 0.5) is 0 Å². The van der Waals surface area contributed by atoms with Crippen LogP contribution >= 0.6 is 0 Å². The summed E-state index contributed by atoms with van der Waals surface area (Å²) < 4.78 is 16.5. The van der Waals surface area contributed by atoms with Crippen LogP contribution in [-0.2, 0) is 13.3 Å². The first-order valence-corrected chi connectivity index (χ1v) is 7.76. The highest BCUT2D eigenvalue weighted by Gasteiger charge is 2.45. The van der Waals surface area contributed by atoms with Gasteiger partial charge in [-0.05, 0) is 40.5 Å². The fourth-order valence-corrected chi connectivity index (χ4v) is 3.17. The summed E-state index contributed by atoms with van der Waals surface area (Å²) in [7, 11) is -3.48. The second-order valence-corrected chi connectivity index (χ2v) is 6.12. The Labute approximate surface area is 100 Å². The van der Waals surface area contributed by atoms with Gasteiger partial charge in [0.15, 0.2) is 0 Å². The van der Waals surface area contributed by atoms with E-state index in [9.17, 15) is 4.80 Å². The van der Waals surface area contributed by atoms with Crippen molar-refractivity contribution in [3.05, 3.63) is 0 Å². The number of rotatable bonds is 8. The van der Waals surface area contributed by atoms with E-state index < -0.39 is 9.05 Å². The molecule has 0 bridgehead atoms. The van der Waals surface area contributed by atoms with Crippen LogP contribution in [0.2, 0.25) is 0 Å². The molecule has 0 aromatic carbocycles. The summed E-state index contributed by atoms with van der Waals surface area (Å²) in [4.78, 5) is 10.3. The summed E-state index contributed by atoms with van der Waals surface area (Å²) in [6.07, 6.45) is 1.42. The quantitative estimate of drug-likeness (QED) is 0.672. The molecule has 0 amide bonds. The number of hydrogen-bond donors (Lipinski definition) is 1. The van der Waals surface area contributed by atoms with E-state index in [1.54, 1.807) is 0 Å². The second-order valence-electron chi connectivity index (χ2n) is 4.36. The SMILES string of the molecule is CCC(C)O[Si](O)(OC(C)C)OC(C)CC. The Kier molecular flexibility index (Phi) is 7.42. The molecule has 2 atom stereocenters. The van der Waals surface area contributed by atoms with Crippen LogP contribution in [0.25, 0.3) is 0 Å². The van der Waals surface area contributed by atoms with E-state index in [1.165, 1.54) is 0 Å². The minimum Gasteiger partial charge on any atom is -0.367 e. The van der Waals surface area contributed by atoms with Gasteiger partial charge in [-0.3, -0.25) is 0 Å². The van der Waals surface area contributed by atoms with Gasteiger partial charge < -0.3 is 18.1 Å². The maximum absolute atomic E-state index is 10.3. The first-order valence-electron chi connectivity index (χ1n) is 6.08. The summed E-state index contributed by atoms with van der Waals surface area (Å²) in [5.74, 6) is 0. The monoisotopic (exact) mass is 250 g/mol. The lowest BCUT2D eigenvalue weighted by molar-refractivity contribution is -0.0608. The van der Waals surface area contributed by atoms with Gasteiger partial charge in [-0.1, -0.05) is 13.8 Å². The Balaban J connectivity index is 4.47. The molecule has 2 unspecified atom stereocenters. The zero-order valence-corrected chi connectivity index (χ0v) is 12.3. The fraction of sp³-hybridized carbons (Fsp3) is 1.00. The maximum Gasteiger partial charge on any atom is 0.677 e. The highest BCUT2D eigenvalue weighted by atomic mass is 28.4. The topological polar surface area (TPSA) is 47.9 Å². The molecule has 0 fully saturated rings. The molecular formula is C11H26O4Si. The van der Waals surface area contributed by atoms with Gasteiger partial charge in [0.05, 0.1) is 0 Å². The summed E-state index contributed by atoms with van der Waals surface area (Å²) in [5.41, 5.74) is 0. The Morgan fingerprint density at radius 2 is 1.25 bits per heavy atom. The van der Waals surface area contributed by atoms with Crippen LogP contribution in [0.5, 0.6) is 0 Å². The van der Waals surface area contributed by atoms with Gasteiger partial charge in [0.25, 0.3) is 0 Å². The Morgan fingerprint density at radius 3 is 1.50 bits per heavy atom. The van der Waals surface area contributed by atoms with Crippen molar-refractivity contribution in [2.45, 2.75) is 72.7 Å². The molecule has 0 spiro atoms. The van der Waals surface area contributed by atoms with Crippen molar-refractivity contribution in [3.8, 4) is 0 Å². The largest absolute Gasteiger partial charge is 0.677 e. The standard InChI is InChI=1S/C11H26O4Si/c1-7-10(5)14-16(12,13-9(3)4)15-11(6)8-2/h9-12H,7-8H2,1-6H3. The third kappa shape index (κ3) is 6.60. The van der Waals surface area contributed by atoms with E-state index in [1.807, 2.05) is 41.5 Å². The molecule has 0 radical (unpaired) electrons. The van der Waals surface area contributed by atoms with Crippen molar-refractivity contribution in [2.24, 2.45) is 0 Å². The van der Waals surface area contributed by atoms with Gasteiger partial charge in [0, 0.05) is 18.3 Å². The average Bonchev–Trinajstić information content (AvgIpc) is 2.15. The highest BCUT2D eigenvalue weighted by Crippen LogP contribution is 2.16. The van der Waals surface area contributed by atoms with Gasteiger partial charge in [0.2, 0.25) is 0 Å². The van der Waals surface area contributed by atoms with E-state index in [4.69, 9.17) is 13.3 Å². The first-order chi connectivity index (χ1) is 7.33. The predicted molar refractivity (Wildman–Crippen MR) is 65.9 cm³/mol. The molecule has 0 aliphatic heterocycles. The van der Waals surface area contributed by atoms with Crippen molar-refractivity contribution in [2.75, 3.05) is 0 Å². The molecular weight excluding hydrogens is 224 g/mol. The van der Waals surface area contributed by atoms with E-state index in [0.717, 1.165) is 12.8 Å².